The number of rotatable bonds is 10. The molecule has 1 N–H and O–H groups in total. The number of nitrogens with zero attached hydrogens (tertiary/aromatic N) is 1. The second-order valence-corrected chi connectivity index (χ2v) is 8.52. The fraction of sp³-hybridized carbons (Fsp3) is 0.440. The van der Waals surface area contributed by atoms with E-state index in [4.69, 9.17) is 14.2 Å². The molecule has 0 aliphatic carbocycles. The van der Waals surface area contributed by atoms with E-state index in [1.807, 2.05) is 54.6 Å². The van der Waals surface area contributed by atoms with Crippen LogP contribution in [0.2, 0.25) is 0 Å². The zero-order valence-electron chi connectivity index (χ0n) is 18.8. The summed E-state index contributed by atoms with van der Waals surface area (Å²) < 4.78 is 16.0. The zero-order chi connectivity index (χ0) is 23.1. The number of aliphatic hydroxyl groups is 1. The highest BCUT2D eigenvalue weighted by molar-refractivity contribution is 5.96. The molecule has 7 heteroatoms. The first kappa shape index (κ1) is 23.8. The summed E-state index contributed by atoms with van der Waals surface area (Å²) >= 11 is 0. The van der Waals surface area contributed by atoms with Crippen LogP contribution in [0, 0.1) is 5.41 Å². The van der Waals surface area contributed by atoms with Crippen LogP contribution in [0.4, 0.5) is 4.79 Å². The molecule has 1 aliphatic heterocycles. The first-order chi connectivity index (χ1) is 15.3. The van der Waals surface area contributed by atoms with Crippen molar-refractivity contribution in [2.24, 2.45) is 5.41 Å². The van der Waals surface area contributed by atoms with Gasteiger partial charge in [-0.25, -0.2) is 9.69 Å². The SMILES string of the molecule is COc1ccc(COCC[C@H](O)C(C)(C)C(=O)N2C(=O)OC[C@@H]2Cc2ccccc2)cc1. The molecule has 0 spiro atoms. The van der Waals surface area contributed by atoms with Crippen LogP contribution >= 0.6 is 0 Å². The van der Waals surface area contributed by atoms with Crippen molar-refractivity contribution in [1.82, 2.24) is 4.90 Å². The highest BCUT2D eigenvalue weighted by Gasteiger charge is 2.46. The van der Waals surface area contributed by atoms with Crippen molar-refractivity contribution in [3.05, 3.63) is 65.7 Å². The zero-order valence-corrected chi connectivity index (χ0v) is 18.8. The van der Waals surface area contributed by atoms with Gasteiger partial charge in [-0.15, -0.1) is 0 Å². The Labute approximate surface area is 188 Å². The second-order valence-electron chi connectivity index (χ2n) is 8.52. The van der Waals surface area contributed by atoms with E-state index in [0.29, 0.717) is 13.0 Å². The van der Waals surface area contributed by atoms with Crippen molar-refractivity contribution in [3.63, 3.8) is 0 Å². The Morgan fingerprint density at radius 1 is 1.16 bits per heavy atom. The number of benzene rings is 2. The molecule has 0 aromatic heterocycles. The standard InChI is InChI=1S/C25H31NO6/c1-25(2,22(27)13-14-31-16-19-9-11-21(30-3)12-10-19)23(28)26-20(17-32-24(26)29)15-18-7-5-4-6-8-18/h4-12,20,22,27H,13-17H2,1-3H3/t20-,22-/m0/s1. The Kier molecular flexibility index (Phi) is 7.88. The van der Waals surface area contributed by atoms with Crippen LogP contribution in [-0.2, 0) is 27.3 Å². The summed E-state index contributed by atoms with van der Waals surface area (Å²) in [6.07, 6.45) is -0.861. The Balaban J connectivity index is 1.54. The normalized spacial score (nSPS) is 17.2. The molecule has 172 valence electrons. The quantitative estimate of drug-likeness (QED) is 0.568. The number of aliphatic hydroxyl groups excluding tert-OH is 1. The Hall–Kier alpha value is -2.90. The minimum Gasteiger partial charge on any atom is -0.497 e. The van der Waals surface area contributed by atoms with Crippen LogP contribution in [0.1, 0.15) is 31.4 Å². The smallest absolute Gasteiger partial charge is 0.417 e. The highest BCUT2D eigenvalue weighted by atomic mass is 16.6. The van der Waals surface area contributed by atoms with Crippen LogP contribution < -0.4 is 4.74 Å². The van der Waals surface area contributed by atoms with E-state index < -0.39 is 29.6 Å². The number of methoxy groups -OCH3 is 1. The van der Waals surface area contributed by atoms with Gasteiger partial charge in [0.05, 0.1) is 31.3 Å². The van der Waals surface area contributed by atoms with Gasteiger partial charge < -0.3 is 19.3 Å². The molecular formula is C25H31NO6. The monoisotopic (exact) mass is 441 g/mol. The van der Waals surface area contributed by atoms with E-state index in [0.717, 1.165) is 21.8 Å². The summed E-state index contributed by atoms with van der Waals surface area (Å²) in [6.45, 7) is 4.12. The summed E-state index contributed by atoms with van der Waals surface area (Å²) in [7, 11) is 1.61. The molecule has 0 unspecified atom stereocenters. The minimum absolute atomic E-state index is 0.149. The lowest BCUT2D eigenvalue weighted by molar-refractivity contribution is -0.145. The van der Waals surface area contributed by atoms with Gasteiger partial charge in [0.25, 0.3) is 0 Å². The van der Waals surface area contributed by atoms with Gasteiger partial charge in [0.2, 0.25) is 5.91 Å². The molecule has 2 aromatic carbocycles. The largest absolute Gasteiger partial charge is 0.497 e. The number of amides is 2. The van der Waals surface area contributed by atoms with E-state index in [-0.39, 0.29) is 19.6 Å². The lowest BCUT2D eigenvalue weighted by Crippen LogP contribution is -2.51. The summed E-state index contributed by atoms with van der Waals surface area (Å²) in [5.41, 5.74) is 0.833. The molecule has 3 rings (SSSR count). The number of imide groups is 1. The topological polar surface area (TPSA) is 85.3 Å². The maximum absolute atomic E-state index is 13.2. The van der Waals surface area contributed by atoms with Crippen molar-refractivity contribution in [3.8, 4) is 5.75 Å². The summed E-state index contributed by atoms with van der Waals surface area (Å²) in [5, 5.41) is 10.7. The molecular weight excluding hydrogens is 410 g/mol. The molecule has 1 saturated heterocycles. The molecule has 0 saturated carbocycles. The molecule has 0 radical (unpaired) electrons. The predicted molar refractivity (Wildman–Crippen MR) is 119 cm³/mol. The van der Waals surface area contributed by atoms with Gasteiger partial charge in [-0.1, -0.05) is 42.5 Å². The molecule has 7 nitrogen and oxygen atoms in total. The maximum atomic E-state index is 13.2. The number of carbonyl (C=O) groups excluding carboxylic acids is 2. The first-order valence-corrected chi connectivity index (χ1v) is 10.8. The minimum atomic E-state index is -1.16. The molecule has 1 heterocycles. The van der Waals surface area contributed by atoms with Gasteiger partial charge in [0.1, 0.15) is 12.4 Å². The van der Waals surface area contributed by atoms with E-state index in [1.165, 1.54) is 0 Å². The van der Waals surface area contributed by atoms with Gasteiger partial charge in [-0.2, -0.15) is 0 Å². The van der Waals surface area contributed by atoms with Gasteiger partial charge in [-0.05, 0) is 49.9 Å². The van der Waals surface area contributed by atoms with Crippen molar-refractivity contribution in [2.75, 3.05) is 20.3 Å². The Morgan fingerprint density at radius 2 is 1.84 bits per heavy atom. The molecule has 2 amide bonds. The van der Waals surface area contributed by atoms with E-state index in [1.54, 1.807) is 21.0 Å². The van der Waals surface area contributed by atoms with Gasteiger partial charge in [0.15, 0.2) is 0 Å². The average Bonchev–Trinajstić information content (AvgIpc) is 3.16. The van der Waals surface area contributed by atoms with Crippen LogP contribution in [0.15, 0.2) is 54.6 Å². The third-order valence-corrected chi connectivity index (χ3v) is 5.84. The third kappa shape index (κ3) is 5.66. The fourth-order valence-corrected chi connectivity index (χ4v) is 3.67. The van der Waals surface area contributed by atoms with Crippen molar-refractivity contribution in [2.45, 2.75) is 45.4 Å². The third-order valence-electron chi connectivity index (χ3n) is 5.84. The van der Waals surface area contributed by atoms with Crippen LogP contribution in [0.25, 0.3) is 0 Å². The number of cyclic esters (lactones) is 1. The molecule has 1 aliphatic rings. The summed E-state index contributed by atoms with van der Waals surface area (Å²) in [4.78, 5) is 26.7. The first-order valence-electron chi connectivity index (χ1n) is 10.8. The molecule has 1 fully saturated rings. The molecule has 0 bridgehead atoms. The predicted octanol–water partition coefficient (Wildman–Crippen LogP) is 3.58. The highest BCUT2D eigenvalue weighted by Crippen LogP contribution is 2.30. The summed E-state index contributed by atoms with van der Waals surface area (Å²) in [5.74, 6) is 0.332. The molecule has 2 aromatic rings. The average molecular weight is 442 g/mol. The van der Waals surface area contributed by atoms with E-state index in [2.05, 4.69) is 0 Å². The fourth-order valence-electron chi connectivity index (χ4n) is 3.67. The molecule has 2 atom stereocenters. The van der Waals surface area contributed by atoms with Crippen molar-refractivity contribution in [1.29, 1.82) is 0 Å². The number of hydrogen-bond donors (Lipinski definition) is 1. The van der Waals surface area contributed by atoms with Gasteiger partial charge in [0, 0.05) is 6.61 Å². The lowest BCUT2D eigenvalue weighted by atomic mass is 9.83. The summed E-state index contributed by atoms with van der Waals surface area (Å²) in [6, 6.07) is 16.8. The number of hydrogen-bond acceptors (Lipinski definition) is 6. The van der Waals surface area contributed by atoms with Crippen LogP contribution in [0.3, 0.4) is 0 Å². The number of ether oxygens (including phenoxy) is 3. The number of carbonyl (C=O) groups is 2. The van der Waals surface area contributed by atoms with Crippen molar-refractivity contribution < 1.29 is 28.9 Å². The maximum Gasteiger partial charge on any atom is 0.417 e. The molecule has 32 heavy (non-hydrogen) atoms. The van der Waals surface area contributed by atoms with Crippen LogP contribution in [-0.4, -0.2) is 54.5 Å². The van der Waals surface area contributed by atoms with Gasteiger partial charge in [-0.3, -0.25) is 4.79 Å². The Morgan fingerprint density at radius 3 is 2.50 bits per heavy atom. The lowest BCUT2D eigenvalue weighted by Gasteiger charge is -2.33. The van der Waals surface area contributed by atoms with E-state index >= 15 is 0 Å². The second kappa shape index (κ2) is 10.6. The van der Waals surface area contributed by atoms with Crippen molar-refractivity contribution >= 4 is 12.0 Å². The van der Waals surface area contributed by atoms with Crippen LogP contribution in [0.5, 0.6) is 5.75 Å². The van der Waals surface area contributed by atoms with E-state index in [9.17, 15) is 14.7 Å². The Bertz CT molecular complexity index is 896. The van der Waals surface area contributed by atoms with Gasteiger partial charge >= 0.3 is 6.09 Å².